The highest BCUT2D eigenvalue weighted by Crippen LogP contribution is 2.28. The molecule has 2 N–H and O–H groups in total. The lowest BCUT2D eigenvalue weighted by molar-refractivity contribution is -0.384. The molecule has 0 atom stereocenters. The lowest BCUT2D eigenvalue weighted by Crippen LogP contribution is -2.08. The number of furan rings is 1. The topological polar surface area (TPSA) is 123 Å². The van der Waals surface area contributed by atoms with Crippen molar-refractivity contribution in [3.63, 3.8) is 0 Å². The third kappa shape index (κ3) is 5.20. The molecule has 0 radical (unpaired) electrons. The molecule has 1 amide bonds. The van der Waals surface area contributed by atoms with E-state index >= 15 is 0 Å². The molecule has 8 heteroatoms. The second-order valence-electron chi connectivity index (χ2n) is 6.55. The summed E-state index contributed by atoms with van der Waals surface area (Å²) in [7, 11) is 0. The molecule has 0 bridgehead atoms. The van der Waals surface area contributed by atoms with Crippen LogP contribution >= 0.6 is 0 Å². The van der Waals surface area contributed by atoms with Gasteiger partial charge in [0, 0.05) is 29.5 Å². The number of nitro benzene ring substituents is 1. The predicted molar refractivity (Wildman–Crippen MR) is 111 cm³/mol. The number of hydrogen-bond donors (Lipinski definition) is 2. The van der Waals surface area contributed by atoms with Gasteiger partial charge in [-0.15, -0.1) is 0 Å². The molecule has 0 unspecified atom stereocenters. The molecule has 0 aliphatic heterocycles. The van der Waals surface area contributed by atoms with Crippen LogP contribution < -0.4 is 5.32 Å². The molecule has 1 aromatic heterocycles. The number of aliphatic carboxylic acids is 1. The van der Waals surface area contributed by atoms with Gasteiger partial charge in [-0.2, -0.15) is 0 Å². The van der Waals surface area contributed by atoms with Crippen molar-refractivity contribution in [2.24, 2.45) is 0 Å². The van der Waals surface area contributed by atoms with Gasteiger partial charge in [0.1, 0.15) is 11.5 Å². The molecular weight excluding hydrogens is 388 g/mol. The largest absolute Gasteiger partial charge is 0.481 e. The summed E-state index contributed by atoms with van der Waals surface area (Å²) in [4.78, 5) is 33.2. The van der Waals surface area contributed by atoms with E-state index in [9.17, 15) is 19.7 Å². The second-order valence-corrected chi connectivity index (χ2v) is 6.55. The smallest absolute Gasteiger partial charge is 0.307 e. The molecule has 8 nitrogen and oxygen atoms in total. The third-order valence-corrected chi connectivity index (χ3v) is 4.29. The number of nitrogens with zero attached hydrogens (tertiary/aromatic N) is 1. The molecule has 30 heavy (non-hydrogen) atoms. The number of anilines is 1. The summed E-state index contributed by atoms with van der Waals surface area (Å²) in [5.41, 5.74) is 2.63. The molecule has 3 aromatic rings. The van der Waals surface area contributed by atoms with E-state index < -0.39 is 10.9 Å². The van der Waals surface area contributed by atoms with E-state index in [1.54, 1.807) is 49.4 Å². The quantitative estimate of drug-likeness (QED) is 0.340. The van der Waals surface area contributed by atoms with Crippen molar-refractivity contribution in [1.29, 1.82) is 0 Å². The van der Waals surface area contributed by atoms with Crippen molar-refractivity contribution in [3.8, 4) is 11.3 Å². The van der Waals surface area contributed by atoms with Gasteiger partial charge < -0.3 is 14.8 Å². The molecule has 0 saturated heterocycles. The van der Waals surface area contributed by atoms with Crippen LogP contribution in [0.15, 0.2) is 65.1 Å². The second kappa shape index (κ2) is 8.87. The fourth-order valence-electron chi connectivity index (χ4n) is 2.85. The van der Waals surface area contributed by atoms with E-state index in [1.807, 2.05) is 0 Å². The van der Waals surface area contributed by atoms with Crippen LogP contribution in [0.2, 0.25) is 0 Å². The van der Waals surface area contributed by atoms with Crippen molar-refractivity contribution in [1.82, 2.24) is 0 Å². The number of benzene rings is 2. The molecule has 0 aliphatic rings. The number of non-ortho nitro benzene ring substituents is 1. The Bertz CT molecular complexity index is 1130. The normalized spacial score (nSPS) is 10.8. The molecule has 0 spiro atoms. The van der Waals surface area contributed by atoms with Crippen LogP contribution in [-0.4, -0.2) is 21.9 Å². The van der Waals surface area contributed by atoms with Gasteiger partial charge in [0.25, 0.3) is 5.69 Å². The Morgan fingerprint density at radius 1 is 1.13 bits per heavy atom. The average molecular weight is 406 g/mol. The first-order chi connectivity index (χ1) is 14.3. The fraction of sp³-hybridized carbons (Fsp3) is 0.0909. The average Bonchev–Trinajstić information content (AvgIpc) is 3.16. The minimum atomic E-state index is -0.920. The standard InChI is InChI=1S/C22H18N2O6/c1-14-12-17(24(28)29)6-9-19(14)20-10-7-18(30-20)8-11-21(25)23-16-4-2-15(3-5-16)13-22(26)27/h2-12H,13H2,1H3,(H,23,25)(H,26,27)/b11-8+. The lowest BCUT2D eigenvalue weighted by atomic mass is 10.1. The fourth-order valence-corrected chi connectivity index (χ4v) is 2.85. The van der Waals surface area contributed by atoms with Crippen LogP contribution in [0.3, 0.4) is 0 Å². The van der Waals surface area contributed by atoms with Crippen molar-refractivity contribution >= 4 is 29.3 Å². The number of carboxylic acid groups (broad SMARTS) is 1. The van der Waals surface area contributed by atoms with Crippen LogP contribution in [-0.2, 0) is 16.0 Å². The number of nitrogens with one attached hydrogen (secondary N) is 1. The maximum absolute atomic E-state index is 12.1. The Labute approximate surface area is 171 Å². The third-order valence-electron chi connectivity index (χ3n) is 4.29. The predicted octanol–water partition coefficient (Wildman–Crippen LogP) is 4.44. The van der Waals surface area contributed by atoms with Gasteiger partial charge in [-0.3, -0.25) is 19.7 Å². The number of carboxylic acids is 1. The highest BCUT2D eigenvalue weighted by molar-refractivity contribution is 6.01. The van der Waals surface area contributed by atoms with E-state index in [0.29, 0.717) is 28.3 Å². The van der Waals surface area contributed by atoms with Crippen LogP contribution in [0.4, 0.5) is 11.4 Å². The van der Waals surface area contributed by atoms with Crippen molar-refractivity contribution in [2.75, 3.05) is 5.32 Å². The summed E-state index contributed by atoms with van der Waals surface area (Å²) in [6, 6.07) is 14.5. The van der Waals surface area contributed by atoms with E-state index in [-0.39, 0.29) is 18.0 Å². The Hall–Kier alpha value is -4.20. The molecule has 152 valence electrons. The minimum Gasteiger partial charge on any atom is -0.481 e. The van der Waals surface area contributed by atoms with E-state index in [1.165, 1.54) is 24.3 Å². The van der Waals surface area contributed by atoms with Crippen molar-refractivity contribution in [3.05, 3.63) is 87.7 Å². The summed E-state index contributed by atoms with van der Waals surface area (Å²) >= 11 is 0. The van der Waals surface area contributed by atoms with Gasteiger partial charge in [0.05, 0.1) is 11.3 Å². The summed E-state index contributed by atoms with van der Waals surface area (Å²) in [5.74, 6) is -0.298. The Kier molecular flexibility index (Phi) is 6.07. The van der Waals surface area contributed by atoms with Gasteiger partial charge in [0.2, 0.25) is 5.91 Å². The van der Waals surface area contributed by atoms with Crippen LogP contribution in [0.5, 0.6) is 0 Å². The summed E-state index contributed by atoms with van der Waals surface area (Å²) in [5, 5.41) is 22.3. The highest BCUT2D eigenvalue weighted by atomic mass is 16.6. The lowest BCUT2D eigenvalue weighted by Gasteiger charge is -2.03. The van der Waals surface area contributed by atoms with Crippen molar-refractivity contribution in [2.45, 2.75) is 13.3 Å². The minimum absolute atomic E-state index is 0.00980. The Balaban J connectivity index is 1.64. The number of aryl methyl sites for hydroxylation is 1. The zero-order valence-electron chi connectivity index (χ0n) is 16.0. The number of nitro groups is 1. The monoisotopic (exact) mass is 406 g/mol. The van der Waals surface area contributed by atoms with Gasteiger partial charge >= 0.3 is 5.97 Å². The SMILES string of the molecule is Cc1cc([N+](=O)[O-])ccc1-c1ccc(/C=C/C(=O)Nc2ccc(CC(=O)O)cc2)o1. The number of carbonyl (C=O) groups excluding carboxylic acids is 1. The van der Waals surface area contributed by atoms with Crippen LogP contribution in [0.25, 0.3) is 17.4 Å². The first-order valence-corrected chi connectivity index (χ1v) is 8.97. The van der Waals surface area contributed by atoms with Gasteiger partial charge in [-0.25, -0.2) is 0 Å². The first-order valence-electron chi connectivity index (χ1n) is 8.97. The Morgan fingerprint density at radius 2 is 1.87 bits per heavy atom. The summed E-state index contributed by atoms with van der Waals surface area (Å²) in [6.07, 6.45) is 2.75. The molecule has 0 aliphatic carbocycles. The molecule has 2 aromatic carbocycles. The maximum Gasteiger partial charge on any atom is 0.307 e. The summed E-state index contributed by atoms with van der Waals surface area (Å²) in [6.45, 7) is 1.76. The van der Waals surface area contributed by atoms with E-state index in [2.05, 4.69) is 5.32 Å². The van der Waals surface area contributed by atoms with Crippen LogP contribution in [0.1, 0.15) is 16.9 Å². The number of rotatable bonds is 7. The van der Waals surface area contributed by atoms with Gasteiger partial charge in [-0.1, -0.05) is 12.1 Å². The molecule has 3 rings (SSSR count). The van der Waals surface area contributed by atoms with E-state index in [4.69, 9.17) is 9.52 Å². The molecule has 0 saturated carbocycles. The number of amides is 1. The highest BCUT2D eigenvalue weighted by Gasteiger charge is 2.12. The van der Waals surface area contributed by atoms with E-state index in [0.717, 1.165) is 5.56 Å². The zero-order chi connectivity index (χ0) is 21.7. The zero-order valence-corrected chi connectivity index (χ0v) is 16.0. The maximum atomic E-state index is 12.1. The van der Waals surface area contributed by atoms with Gasteiger partial charge in [-0.05, 0) is 54.5 Å². The molecule has 0 fully saturated rings. The van der Waals surface area contributed by atoms with Crippen LogP contribution in [0, 0.1) is 17.0 Å². The number of carbonyl (C=O) groups is 2. The number of hydrogen-bond acceptors (Lipinski definition) is 5. The molecular formula is C22H18N2O6. The Morgan fingerprint density at radius 3 is 2.50 bits per heavy atom. The van der Waals surface area contributed by atoms with Crippen molar-refractivity contribution < 1.29 is 24.0 Å². The summed E-state index contributed by atoms with van der Waals surface area (Å²) < 4.78 is 5.71. The molecule has 1 heterocycles. The first kappa shape index (κ1) is 20.5. The van der Waals surface area contributed by atoms with Gasteiger partial charge in [0.15, 0.2) is 0 Å².